The van der Waals surface area contributed by atoms with Gasteiger partial charge in [0, 0.05) is 0 Å². The summed E-state index contributed by atoms with van der Waals surface area (Å²) in [7, 11) is 0. The average Bonchev–Trinajstić information content (AvgIpc) is 1.99. The Kier molecular flexibility index (Phi) is 7.66. The van der Waals surface area contributed by atoms with Crippen molar-refractivity contribution in [1.82, 2.24) is 0 Å². The van der Waals surface area contributed by atoms with Crippen LogP contribution in [0, 0.1) is 5.92 Å². The van der Waals surface area contributed by atoms with Crippen LogP contribution in [0.4, 0.5) is 0 Å². The highest BCUT2D eigenvalue weighted by Gasteiger charge is 1.97. The first-order chi connectivity index (χ1) is 5.31. The number of allylic oxidation sites excluding steroid dienone is 2. The summed E-state index contributed by atoms with van der Waals surface area (Å²) in [5.74, 6) is 0.918. The Bertz CT molecular complexity index is 92.2. The summed E-state index contributed by atoms with van der Waals surface area (Å²) in [6.45, 7) is 6.80. The van der Waals surface area contributed by atoms with Crippen LogP contribution < -0.4 is 0 Å². The van der Waals surface area contributed by atoms with Crippen molar-refractivity contribution in [2.24, 2.45) is 5.92 Å². The largest absolute Gasteiger partial charge is 0.0888 e. The van der Waals surface area contributed by atoms with Crippen LogP contribution >= 0.6 is 0 Å². The highest BCUT2D eigenvalue weighted by molar-refractivity contribution is 4.80. The van der Waals surface area contributed by atoms with Crippen LogP contribution in [0.2, 0.25) is 0 Å². The fraction of sp³-hybridized carbons (Fsp3) is 0.818. The molecule has 1 unspecified atom stereocenters. The summed E-state index contributed by atoms with van der Waals surface area (Å²) in [4.78, 5) is 0. The number of hydrogen-bond acceptors (Lipinski definition) is 0. The molecular formula is C11H22. The van der Waals surface area contributed by atoms with Crippen molar-refractivity contribution in [2.75, 3.05) is 0 Å². The van der Waals surface area contributed by atoms with E-state index in [2.05, 4.69) is 32.9 Å². The van der Waals surface area contributed by atoms with Crippen LogP contribution in [-0.2, 0) is 0 Å². The van der Waals surface area contributed by atoms with Gasteiger partial charge in [-0.1, -0.05) is 45.8 Å². The van der Waals surface area contributed by atoms with E-state index in [-0.39, 0.29) is 0 Å². The number of rotatable bonds is 6. The molecule has 66 valence electrons. The van der Waals surface area contributed by atoms with E-state index < -0.39 is 0 Å². The highest BCUT2D eigenvalue weighted by atomic mass is 14.0. The van der Waals surface area contributed by atoms with Crippen molar-refractivity contribution in [3.63, 3.8) is 0 Å². The Labute approximate surface area is 71.7 Å². The maximum Gasteiger partial charge on any atom is -0.0348 e. The summed E-state index contributed by atoms with van der Waals surface area (Å²) in [6.07, 6.45) is 11.1. The minimum absolute atomic E-state index is 0.918. The summed E-state index contributed by atoms with van der Waals surface area (Å²) in [6, 6.07) is 0. The predicted octanol–water partition coefficient (Wildman–Crippen LogP) is 4.17. The first-order valence-electron chi connectivity index (χ1n) is 4.96. The van der Waals surface area contributed by atoms with Crippen LogP contribution in [-0.4, -0.2) is 0 Å². The van der Waals surface area contributed by atoms with Crippen molar-refractivity contribution in [3.8, 4) is 0 Å². The van der Waals surface area contributed by atoms with Crippen molar-refractivity contribution >= 4 is 0 Å². The topological polar surface area (TPSA) is 0 Å². The Morgan fingerprint density at radius 3 is 2.36 bits per heavy atom. The molecule has 11 heavy (non-hydrogen) atoms. The van der Waals surface area contributed by atoms with E-state index in [0.29, 0.717) is 0 Å². The lowest BCUT2D eigenvalue weighted by Crippen LogP contribution is -1.91. The van der Waals surface area contributed by atoms with Crippen molar-refractivity contribution in [3.05, 3.63) is 12.2 Å². The molecule has 0 aliphatic heterocycles. The molecule has 0 N–H and O–H groups in total. The molecule has 0 radical (unpaired) electrons. The van der Waals surface area contributed by atoms with Gasteiger partial charge in [0.25, 0.3) is 0 Å². The van der Waals surface area contributed by atoms with E-state index in [0.717, 1.165) is 5.92 Å². The van der Waals surface area contributed by atoms with Gasteiger partial charge in [-0.2, -0.15) is 0 Å². The Hall–Kier alpha value is -0.260. The third-order valence-corrected chi connectivity index (χ3v) is 2.01. The second-order valence-electron chi connectivity index (χ2n) is 3.35. The molecule has 0 heterocycles. The van der Waals surface area contributed by atoms with Crippen molar-refractivity contribution in [2.45, 2.75) is 52.9 Å². The zero-order chi connectivity index (χ0) is 8.53. The minimum Gasteiger partial charge on any atom is -0.0888 e. The van der Waals surface area contributed by atoms with Crippen molar-refractivity contribution in [1.29, 1.82) is 0 Å². The molecular weight excluding hydrogens is 132 g/mol. The minimum atomic E-state index is 0.918. The summed E-state index contributed by atoms with van der Waals surface area (Å²) < 4.78 is 0. The molecule has 0 amide bonds. The Balaban J connectivity index is 3.16. The SMILES string of the molecule is CCC=CCCC(C)CCC. The maximum atomic E-state index is 2.35. The van der Waals surface area contributed by atoms with E-state index >= 15 is 0 Å². The van der Waals surface area contributed by atoms with Crippen LogP contribution in [0.15, 0.2) is 12.2 Å². The van der Waals surface area contributed by atoms with Gasteiger partial charge in [0.2, 0.25) is 0 Å². The van der Waals surface area contributed by atoms with Gasteiger partial charge < -0.3 is 0 Å². The summed E-state index contributed by atoms with van der Waals surface area (Å²) in [5, 5.41) is 0. The van der Waals surface area contributed by atoms with Crippen LogP contribution in [0.5, 0.6) is 0 Å². The van der Waals surface area contributed by atoms with E-state index in [1.807, 2.05) is 0 Å². The monoisotopic (exact) mass is 154 g/mol. The van der Waals surface area contributed by atoms with Gasteiger partial charge in [0.15, 0.2) is 0 Å². The van der Waals surface area contributed by atoms with E-state index in [9.17, 15) is 0 Å². The van der Waals surface area contributed by atoms with Gasteiger partial charge in [-0.15, -0.1) is 0 Å². The van der Waals surface area contributed by atoms with Crippen LogP contribution in [0.25, 0.3) is 0 Å². The third-order valence-electron chi connectivity index (χ3n) is 2.01. The van der Waals surface area contributed by atoms with E-state index in [1.54, 1.807) is 0 Å². The second kappa shape index (κ2) is 7.84. The first kappa shape index (κ1) is 10.7. The molecule has 0 saturated carbocycles. The highest BCUT2D eigenvalue weighted by Crippen LogP contribution is 2.12. The molecule has 0 saturated heterocycles. The van der Waals surface area contributed by atoms with Crippen molar-refractivity contribution < 1.29 is 0 Å². The Morgan fingerprint density at radius 2 is 1.82 bits per heavy atom. The molecule has 1 atom stereocenters. The standard InChI is InChI=1S/C11H22/c1-4-6-7-8-10-11(3)9-5-2/h6-7,11H,4-5,8-10H2,1-3H3. The van der Waals surface area contributed by atoms with Gasteiger partial charge >= 0.3 is 0 Å². The number of hydrogen-bond donors (Lipinski definition) is 0. The zero-order valence-corrected chi connectivity index (χ0v) is 8.27. The molecule has 0 nitrogen and oxygen atoms in total. The molecule has 0 rings (SSSR count). The quantitative estimate of drug-likeness (QED) is 0.504. The van der Waals surface area contributed by atoms with Crippen LogP contribution in [0.1, 0.15) is 52.9 Å². The molecule has 0 aromatic rings. The fourth-order valence-corrected chi connectivity index (χ4v) is 1.30. The van der Waals surface area contributed by atoms with Gasteiger partial charge in [-0.3, -0.25) is 0 Å². The molecule has 0 heteroatoms. The van der Waals surface area contributed by atoms with Gasteiger partial charge in [0.1, 0.15) is 0 Å². The van der Waals surface area contributed by atoms with Gasteiger partial charge in [0.05, 0.1) is 0 Å². The maximum absolute atomic E-state index is 2.35. The summed E-state index contributed by atoms with van der Waals surface area (Å²) >= 11 is 0. The lowest BCUT2D eigenvalue weighted by Gasteiger charge is -2.06. The molecule has 0 aliphatic rings. The lowest BCUT2D eigenvalue weighted by atomic mass is 10.0. The fourth-order valence-electron chi connectivity index (χ4n) is 1.30. The molecule has 0 fully saturated rings. The Morgan fingerprint density at radius 1 is 1.09 bits per heavy atom. The molecule has 0 aromatic heterocycles. The van der Waals surface area contributed by atoms with Crippen LogP contribution in [0.3, 0.4) is 0 Å². The molecule has 0 aromatic carbocycles. The lowest BCUT2D eigenvalue weighted by molar-refractivity contribution is 0.490. The second-order valence-corrected chi connectivity index (χ2v) is 3.35. The first-order valence-corrected chi connectivity index (χ1v) is 4.96. The average molecular weight is 154 g/mol. The van der Waals surface area contributed by atoms with Gasteiger partial charge in [-0.05, 0) is 25.2 Å². The zero-order valence-electron chi connectivity index (χ0n) is 8.27. The predicted molar refractivity (Wildman–Crippen MR) is 52.7 cm³/mol. The van der Waals surface area contributed by atoms with E-state index in [4.69, 9.17) is 0 Å². The van der Waals surface area contributed by atoms with Gasteiger partial charge in [-0.25, -0.2) is 0 Å². The van der Waals surface area contributed by atoms with E-state index in [1.165, 1.54) is 32.1 Å². The third kappa shape index (κ3) is 7.64. The smallest absolute Gasteiger partial charge is 0.0348 e. The normalized spacial score (nSPS) is 14.1. The molecule has 0 aliphatic carbocycles. The molecule has 0 spiro atoms. The molecule has 0 bridgehead atoms. The summed E-state index contributed by atoms with van der Waals surface area (Å²) in [5.41, 5.74) is 0.